The Morgan fingerprint density at radius 3 is 2.52 bits per heavy atom. The Hall–Kier alpha value is -5.24. The number of carbonyl (C=O) groups is 3. The second kappa shape index (κ2) is 12.6. The number of amides is 2. The van der Waals surface area contributed by atoms with Crippen molar-refractivity contribution in [2.75, 3.05) is 6.54 Å². The maximum atomic E-state index is 14.2. The second-order valence-electron chi connectivity index (χ2n) is 12.4. The molecule has 2 fully saturated rings. The fraction of sp³-hybridized carbons (Fsp3) is 0.263. The lowest BCUT2D eigenvalue weighted by molar-refractivity contribution is -0.126. The highest BCUT2D eigenvalue weighted by Crippen LogP contribution is 2.30. The normalized spacial score (nSPS) is 18.7. The molecular formula is C38H36N4O4. The summed E-state index contributed by atoms with van der Waals surface area (Å²) < 4.78 is 1.50. The first kappa shape index (κ1) is 29.5. The van der Waals surface area contributed by atoms with E-state index < -0.39 is 12.1 Å². The van der Waals surface area contributed by atoms with E-state index in [4.69, 9.17) is 0 Å². The molecule has 3 N–H and O–H groups in total. The number of pyridine rings is 1. The molecule has 8 heteroatoms. The van der Waals surface area contributed by atoms with Gasteiger partial charge in [-0.1, -0.05) is 78.9 Å². The molecule has 0 unspecified atom stereocenters. The molecule has 2 amide bonds. The number of carbonyl (C=O) groups excluding carboxylic acids is 3. The fourth-order valence-corrected chi connectivity index (χ4v) is 6.92. The van der Waals surface area contributed by atoms with Crippen LogP contribution in [0, 0.1) is 5.92 Å². The van der Waals surface area contributed by atoms with Crippen LogP contribution in [0.3, 0.4) is 0 Å². The van der Waals surface area contributed by atoms with E-state index in [0.717, 1.165) is 39.4 Å². The van der Waals surface area contributed by atoms with Crippen molar-refractivity contribution in [2.24, 2.45) is 5.92 Å². The van der Waals surface area contributed by atoms with E-state index in [-0.39, 0.29) is 29.1 Å². The highest BCUT2D eigenvalue weighted by molar-refractivity contribution is 5.99. The zero-order chi connectivity index (χ0) is 31.6. The molecule has 3 aromatic carbocycles. The number of Topliss-reactive ketones (excluding diaryl/α,β-unsaturated/α-hetero) is 1. The lowest BCUT2D eigenvalue weighted by Gasteiger charge is -2.24. The first-order valence-electron chi connectivity index (χ1n) is 16.0. The van der Waals surface area contributed by atoms with Gasteiger partial charge in [0.25, 0.3) is 5.56 Å². The van der Waals surface area contributed by atoms with Gasteiger partial charge in [-0.2, -0.15) is 0 Å². The Bertz CT molecular complexity index is 2040. The van der Waals surface area contributed by atoms with Gasteiger partial charge in [0.05, 0.1) is 0 Å². The number of rotatable bonds is 9. The maximum absolute atomic E-state index is 14.2. The SMILES string of the molecule is O=C1CCC/C1=C\[C@H](C[C@@H]1CCNC1=O)NC(=O)[C@@H](Cc1ccccc1)n1ccc2cc(-c3cccc4ccccc34)[nH]c2c1=O. The molecule has 1 saturated heterocycles. The summed E-state index contributed by atoms with van der Waals surface area (Å²) in [4.78, 5) is 56.7. The van der Waals surface area contributed by atoms with Gasteiger partial charge in [0.1, 0.15) is 11.6 Å². The minimum Gasteiger partial charge on any atom is -0.356 e. The summed E-state index contributed by atoms with van der Waals surface area (Å²) in [5, 5.41) is 8.96. The van der Waals surface area contributed by atoms with E-state index in [1.807, 2.05) is 72.8 Å². The van der Waals surface area contributed by atoms with E-state index in [1.54, 1.807) is 6.20 Å². The van der Waals surface area contributed by atoms with Gasteiger partial charge in [-0.25, -0.2) is 0 Å². The summed E-state index contributed by atoms with van der Waals surface area (Å²) in [7, 11) is 0. The monoisotopic (exact) mass is 612 g/mol. The number of allylic oxidation sites excluding steroid dienone is 1. The smallest absolute Gasteiger partial charge is 0.275 e. The molecular weight excluding hydrogens is 576 g/mol. The van der Waals surface area contributed by atoms with Crippen LogP contribution in [0.15, 0.2) is 108 Å². The highest BCUT2D eigenvalue weighted by Gasteiger charge is 2.31. The van der Waals surface area contributed by atoms with Gasteiger partial charge in [-0.3, -0.25) is 19.2 Å². The standard InChI is InChI=1S/C38H36N4O4/c43-34-15-7-12-26(34)21-29(22-28-16-18-39-36(28)44)40-37(45)33(20-24-8-2-1-3-9-24)42-19-17-27-23-32(41-35(27)38(42)46)31-14-6-11-25-10-4-5-13-30(25)31/h1-6,8-11,13-14,17,19,21,23,28-29,33,41H,7,12,15-16,18,20,22H2,(H,39,44)(H,40,45)/b26-21+/t28-,29+,33+/m0/s1. The topological polar surface area (TPSA) is 113 Å². The van der Waals surface area contributed by atoms with Crippen molar-refractivity contribution in [3.8, 4) is 11.3 Å². The molecule has 232 valence electrons. The van der Waals surface area contributed by atoms with Crippen LogP contribution in [0.25, 0.3) is 32.9 Å². The summed E-state index contributed by atoms with van der Waals surface area (Å²) in [5.41, 5.74) is 3.56. The third-order valence-electron chi connectivity index (χ3n) is 9.34. The van der Waals surface area contributed by atoms with Gasteiger partial charge in [0, 0.05) is 54.2 Å². The number of aromatic amines is 1. The third-order valence-corrected chi connectivity index (χ3v) is 9.34. The molecule has 0 radical (unpaired) electrons. The number of nitrogens with one attached hydrogen (secondary N) is 3. The lowest BCUT2D eigenvalue weighted by atomic mass is 9.95. The van der Waals surface area contributed by atoms with Crippen LogP contribution in [0.2, 0.25) is 0 Å². The molecule has 3 heterocycles. The van der Waals surface area contributed by atoms with Gasteiger partial charge < -0.3 is 20.2 Å². The molecule has 1 aliphatic carbocycles. The van der Waals surface area contributed by atoms with E-state index in [0.29, 0.717) is 49.7 Å². The number of hydrogen-bond acceptors (Lipinski definition) is 4. The molecule has 2 aromatic heterocycles. The zero-order valence-electron chi connectivity index (χ0n) is 25.5. The van der Waals surface area contributed by atoms with Crippen LogP contribution in [-0.4, -0.2) is 39.7 Å². The Labute approximate surface area is 266 Å². The second-order valence-corrected chi connectivity index (χ2v) is 12.4. The number of hydrogen-bond donors (Lipinski definition) is 3. The number of nitrogens with zero attached hydrogens (tertiary/aromatic N) is 1. The van der Waals surface area contributed by atoms with Crippen molar-refractivity contribution < 1.29 is 14.4 Å². The molecule has 3 atom stereocenters. The number of benzene rings is 3. The number of ketones is 1. The first-order valence-corrected chi connectivity index (χ1v) is 16.0. The Morgan fingerprint density at radius 2 is 1.74 bits per heavy atom. The van der Waals surface area contributed by atoms with E-state index in [1.165, 1.54) is 4.57 Å². The van der Waals surface area contributed by atoms with Crippen LogP contribution in [-0.2, 0) is 20.8 Å². The van der Waals surface area contributed by atoms with Gasteiger partial charge in [-0.05, 0) is 59.7 Å². The van der Waals surface area contributed by atoms with Gasteiger partial charge in [0.15, 0.2) is 5.78 Å². The van der Waals surface area contributed by atoms with Crippen molar-refractivity contribution in [1.82, 2.24) is 20.2 Å². The van der Waals surface area contributed by atoms with E-state index in [9.17, 15) is 19.2 Å². The summed E-state index contributed by atoms with van der Waals surface area (Å²) in [6, 6.07) is 26.3. The molecule has 5 aromatic rings. The minimum atomic E-state index is -0.860. The Balaban J connectivity index is 1.25. The number of H-pyrrole nitrogens is 1. The zero-order valence-corrected chi connectivity index (χ0v) is 25.5. The summed E-state index contributed by atoms with van der Waals surface area (Å²) in [6.07, 6.45) is 6.85. The summed E-state index contributed by atoms with van der Waals surface area (Å²) >= 11 is 0. The Kier molecular flexibility index (Phi) is 8.09. The maximum Gasteiger partial charge on any atom is 0.275 e. The summed E-state index contributed by atoms with van der Waals surface area (Å²) in [5.74, 6) is -0.536. The van der Waals surface area contributed by atoms with E-state index >= 15 is 0 Å². The van der Waals surface area contributed by atoms with Gasteiger partial charge >= 0.3 is 0 Å². The molecule has 8 nitrogen and oxygen atoms in total. The van der Waals surface area contributed by atoms with Crippen molar-refractivity contribution in [2.45, 2.75) is 50.6 Å². The number of aromatic nitrogens is 2. The van der Waals surface area contributed by atoms with Crippen LogP contribution in [0.1, 0.15) is 43.7 Å². The van der Waals surface area contributed by atoms with Crippen LogP contribution < -0.4 is 16.2 Å². The molecule has 46 heavy (non-hydrogen) atoms. The molecule has 0 bridgehead atoms. The molecule has 1 saturated carbocycles. The molecule has 0 spiro atoms. The van der Waals surface area contributed by atoms with Crippen LogP contribution in [0.4, 0.5) is 0 Å². The van der Waals surface area contributed by atoms with Crippen LogP contribution in [0.5, 0.6) is 0 Å². The van der Waals surface area contributed by atoms with Crippen molar-refractivity contribution >= 4 is 39.3 Å². The first-order chi connectivity index (χ1) is 22.4. The minimum absolute atomic E-state index is 0.0355. The Morgan fingerprint density at radius 1 is 0.935 bits per heavy atom. The third kappa shape index (κ3) is 5.90. The van der Waals surface area contributed by atoms with Crippen molar-refractivity contribution in [3.63, 3.8) is 0 Å². The predicted molar refractivity (Wildman–Crippen MR) is 179 cm³/mol. The lowest BCUT2D eigenvalue weighted by Crippen LogP contribution is -2.43. The number of fused-ring (bicyclic) bond motifs is 2. The molecule has 2 aliphatic rings. The average Bonchev–Trinajstić information content (AvgIpc) is 3.81. The average molecular weight is 613 g/mol. The predicted octanol–water partition coefficient (Wildman–Crippen LogP) is 5.62. The van der Waals surface area contributed by atoms with E-state index in [2.05, 4.69) is 33.8 Å². The van der Waals surface area contributed by atoms with Gasteiger partial charge in [0.2, 0.25) is 11.8 Å². The van der Waals surface area contributed by atoms with Crippen molar-refractivity contribution in [1.29, 1.82) is 0 Å². The fourth-order valence-electron chi connectivity index (χ4n) is 6.92. The molecule has 1 aliphatic heterocycles. The summed E-state index contributed by atoms with van der Waals surface area (Å²) in [6.45, 7) is 0.600. The van der Waals surface area contributed by atoms with Crippen LogP contribution >= 0.6 is 0 Å². The quantitative estimate of drug-likeness (QED) is 0.188. The largest absolute Gasteiger partial charge is 0.356 e. The molecule has 7 rings (SSSR count). The highest BCUT2D eigenvalue weighted by atomic mass is 16.2. The van der Waals surface area contributed by atoms with Crippen molar-refractivity contribution in [3.05, 3.63) is 119 Å². The van der Waals surface area contributed by atoms with Gasteiger partial charge in [-0.15, -0.1) is 0 Å².